The molecule has 2 rings (SSSR count). The molecule has 5 heteroatoms. The molecule has 0 aliphatic heterocycles. The molecule has 1 atom stereocenters. The molecule has 96 valence electrons. The maximum atomic E-state index is 13.7. The lowest BCUT2D eigenvalue weighted by Crippen LogP contribution is -2.11. The van der Waals surface area contributed by atoms with Crippen LogP contribution in [0.5, 0.6) is 0 Å². The predicted octanol–water partition coefficient (Wildman–Crippen LogP) is 4.40. The van der Waals surface area contributed by atoms with Crippen LogP contribution in [0.4, 0.5) is 14.5 Å². The van der Waals surface area contributed by atoms with Crippen molar-refractivity contribution in [3.05, 3.63) is 64.1 Å². The minimum Gasteiger partial charge on any atom is -0.364 e. The van der Waals surface area contributed by atoms with Crippen LogP contribution in [0.3, 0.4) is 0 Å². The quantitative estimate of drug-likeness (QED) is 0.908. The van der Waals surface area contributed by atoms with Crippen molar-refractivity contribution >= 4 is 21.6 Å². The SMILES string of the molecule is N#CC(Nc1ccccc1F)c1cc(Br)ccc1F. The van der Waals surface area contributed by atoms with E-state index in [4.69, 9.17) is 5.26 Å². The number of hydrogen-bond donors (Lipinski definition) is 1. The molecule has 2 aromatic rings. The zero-order valence-corrected chi connectivity index (χ0v) is 11.3. The molecule has 19 heavy (non-hydrogen) atoms. The molecular formula is C14H9BrF2N2. The van der Waals surface area contributed by atoms with E-state index in [0.29, 0.717) is 4.47 Å². The fourth-order valence-electron chi connectivity index (χ4n) is 1.65. The van der Waals surface area contributed by atoms with E-state index in [2.05, 4.69) is 21.2 Å². The second kappa shape index (κ2) is 5.81. The molecule has 0 aliphatic carbocycles. The van der Waals surface area contributed by atoms with Gasteiger partial charge in [0.2, 0.25) is 0 Å². The Morgan fingerprint density at radius 3 is 2.53 bits per heavy atom. The number of benzene rings is 2. The molecule has 0 heterocycles. The van der Waals surface area contributed by atoms with Crippen molar-refractivity contribution in [1.82, 2.24) is 0 Å². The first-order valence-electron chi connectivity index (χ1n) is 5.47. The third kappa shape index (κ3) is 3.09. The Balaban J connectivity index is 2.34. The van der Waals surface area contributed by atoms with E-state index in [1.807, 2.05) is 6.07 Å². The van der Waals surface area contributed by atoms with Crippen molar-refractivity contribution in [1.29, 1.82) is 5.26 Å². The van der Waals surface area contributed by atoms with Crippen molar-refractivity contribution in [2.24, 2.45) is 0 Å². The zero-order valence-electron chi connectivity index (χ0n) is 9.70. The Hall–Kier alpha value is -1.93. The number of halogens is 3. The summed E-state index contributed by atoms with van der Waals surface area (Å²) in [5.74, 6) is -1.00. The topological polar surface area (TPSA) is 35.8 Å². The maximum absolute atomic E-state index is 13.7. The summed E-state index contributed by atoms with van der Waals surface area (Å²) in [5, 5.41) is 11.8. The highest BCUT2D eigenvalue weighted by atomic mass is 79.9. The highest BCUT2D eigenvalue weighted by molar-refractivity contribution is 9.10. The molecular weight excluding hydrogens is 314 g/mol. The van der Waals surface area contributed by atoms with Gasteiger partial charge >= 0.3 is 0 Å². The second-order valence-corrected chi connectivity index (χ2v) is 4.77. The first kappa shape index (κ1) is 13.5. The van der Waals surface area contributed by atoms with Crippen LogP contribution in [0.25, 0.3) is 0 Å². The van der Waals surface area contributed by atoms with Crippen LogP contribution in [0.15, 0.2) is 46.9 Å². The highest BCUT2D eigenvalue weighted by Crippen LogP contribution is 2.25. The van der Waals surface area contributed by atoms with Crippen molar-refractivity contribution in [3.63, 3.8) is 0 Å². The lowest BCUT2D eigenvalue weighted by Gasteiger charge is -2.14. The highest BCUT2D eigenvalue weighted by Gasteiger charge is 2.16. The van der Waals surface area contributed by atoms with E-state index in [-0.39, 0.29) is 11.3 Å². The number of nitriles is 1. The summed E-state index contributed by atoms with van der Waals surface area (Å²) < 4.78 is 27.9. The first-order valence-corrected chi connectivity index (χ1v) is 6.26. The van der Waals surface area contributed by atoms with Gasteiger partial charge in [0.25, 0.3) is 0 Å². The summed E-state index contributed by atoms with van der Waals surface area (Å²) in [4.78, 5) is 0. The van der Waals surface area contributed by atoms with E-state index in [9.17, 15) is 8.78 Å². The lowest BCUT2D eigenvalue weighted by atomic mass is 10.1. The Bertz CT molecular complexity index is 638. The van der Waals surface area contributed by atoms with Crippen LogP contribution >= 0.6 is 15.9 Å². The van der Waals surface area contributed by atoms with Gasteiger partial charge in [0, 0.05) is 10.0 Å². The van der Waals surface area contributed by atoms with E-state index >= 15 is 0 Å². The van der Waals surface area contributed by atoms with Crippen molar-refractivity contribution < 1.29 is 8.78 Å². The molecule has 0 aromatic heterocycles. The summed E-state index contributed by atoms with van der Waals surface area (Å²) in [5.41, 5.74) is 0.327. The number of nitrogens with zero attached hydrogens (tertiary/aromatic N) is 1. The molecule has 0 saturated heterocycles. The Morgan fingerprint density at radius 2 is 1.84 bits per heavy atom. The molecule has 0 fully saturated rings. The van der Waals surface area contributed by atoms with Gasteiger partial charge in [-0.3, -0.25) is 0 Å². The molecule has 0 bridgehead atoms. The number of nitrogens with one attached hydrogen (secondary N) is 1. The van der Waals surface area contributed by atoms with Gasteiger partial charge in [0.1, 0.15) is 17.7 Å². The van der Waals surface area contributed by atoms with Crippen molar-refractivity contribution in [2.45, 2.75) is 6.04 Å². The zero-order chi connectivity index (χ0) is 13.8. The molecule has 1 unspecified atom stereocenters. The minimum atomic E-state index is -0.964. The fraction of sp³-hybridized carbons (Fsp3) is 0.0714. The van der Waals surface area contributed by atoms with E-state index in [0.717, 1.165) is 0 Å². The monoisotopic (exact) mass is 322 g/mol. The molecule has 2 aromatic carbocycles. The summed E-state index contributed by atoms with van der Waals surface area (Å²) >= 11 is 3.22. The molecule has 0 spiro atoms. The number of para-hydroxylation sites is 1. The summed E-state index contributed by atoms with van der Waals surface area (Å²) in [6.07, 6.45) is 0. The average Bonchev–Trinajstić information content (AvgIpc) is 2.41. The minimum absolute atomic E-state index is 0.161. The van der Waals surface area contributed by atoms with Gasteiger partial charge in [-0.1, -0.05) is 28.1 Å². The van der Waals surface area contributed by atoms with Gasteiger partial charge in [0.15, 0.2) is 0 Å². The van der Waals surface area contributed by atoms with Gasteiger partial charge < -0.3 is 5.32 Å². The Morgan fingerprint density at radius 1 is 1.11 bits per heavy atom. The lowest BCUT2D eigenvalue weighted by molar-refractivity contribution is 0.604. The number of anilines is 1. The predicted molar refractivity (Wildman–Crippen MR) is 72.5 cm³/mol. The van der Waals surface area contributed by atoms with Gasteiger partial charge in [-0.25, -0.2) is 8.78 Å². The van der Waals surface area contributed by atoms with Crippen LogP contribution in [0, 0.1) is 23.0 Å². The van der Waals surface area contributed by atoms with Crippen molar-refractivity contribution in [3.8, 4) is 6.07 Å². The largest absolute Gasteiger partial charge is 0.364 e. The summed E-state index contributed by atoms with van der Waals surface area (Å²) in [6.45, 7) is 0. The fourth-order valence-corrected chi connectivity index (χ4v) is 2.03. The normalized spacial score (nSPS) is 11.7. The molecule has 2 nitrogen and oxygen atoms in total. The third-order valence-corrected chi connectivity index (χ3v) is 3.07. The first-order chi connectivity index (χ1) is 9.11. The molecule has 0 aliphatic rings. The van der Waals surface area contributed by atoms with Crippen LogP contribution < -0.4 is 5.32 Å². The standard InChI is InChI=1S/C14H9BrF2N2/c15-9-5-6-11(16)10(7-9)14(8-18)19-13-4-2-1-3-12(13)17/h1-7,14,19H. The van der Waals surface area contributed by atoms with Crippen LogP contribution in [-0.2, 0) is 0 Å². The summed E-state index contributed by atoms with van der Waals surface area (Å²) in [7, 11) is 0. The smallest absolute Gasteiger partial charge is 0.146 e. The van der Waals surface area contributed by atoms with Gasteiger partial charge in [-0.05, 0) is 30.3 Å². The van der Waals surface area contributed by atoms with Crippen molar-refractivity contribution in [2.75, 3.05) is 5.32 Å². The van der Waals surface area contributed by atoms with Gasteiger partial charge in [-0.2, -0.15) is 5.26 Å². The average molecular weight is 323 g/mol. The van der Waals surface area contributed by atoms with E-state index in [1.54, 1.807) is 12.1 Å². The van der Waals surface area contributed by atoms with Gasteiger partial charge in [-0.15, -0.1) is 0 Å². The van der Waals surface area contributed by atoms with E-state index < -0.39 is 17.7 Å². The van der Waals surface area contributed by atoms with E-state index in [1.165, 1.54) is 30.3 Å². The maximum Gasteiger partial charge on any atom is 0.146 e. The van der Waals surface area contributed by atoms with Crippen LogP contribution in [-0.4, -0.2) is 0 Å². The third-order valence-electron chi connectivity index (χ3n) is 2.57. The van der Waals surface area contributed by atoms with Crippen LogP contribution in [0.2, 0.25) is 0 Å². The molecule has 0 radical (unpaired) electrons. The van der Waals surface area contributed by atoms with Gasteiger partial charge in [0.05, 0.1) is 11.8 Å². The number of hydrogen-bond acceptors (Lipinski definition) is 2. The van der Waals surface area contributed by atoms with Crippen LogP contribution in [0.1, 0.15) is 11.6 Å². The molecule has 0 amide bonds. The number of rotatable bonds is 3. The Kier molecular flexibility index (Phi) is 4.13. The Labute approximate surface area is 117 Å². The molecule has 1 N–H and O–H groups in total. The summed E-state index contributed by atoms with van der Waals surface area (Å²) in [6, 6.07) is 11.2. The second-order valence-electron chi connectivity index (χ2n) is 3.85. The molecule has 0 saturated carbocycles.